The largest absolute Gasteiger partial charge is 0.507 e. The lowest BCUT2D eigenvalue weighted by atomic mass is 10.1. The Hall–Kier alpha value is -1.86. The van der Waals surface area contributed by atoms with Crippen molar-refractivity contribution in [1.82, 2.24) is 5.43 Å². The molecule has 2 rings (SSSR count). The van der Waals surface area contributed by atoms with Crippen molar-refractivity contribution in [3.8, 4) is 5.75 Å². The van der Waals surface area contributed by atoms with E-state index in [0.29, 0.717) is 5.56 Å². The minimum Gasteiger partial charge on any atom is -0.507 e. The van der Waals surface area contributed by atoms with Crippen LogP contribution in [0.2, 0.25) is 0 Å². The van der Waals surface area contributed by atoms with Crippen molar-refractivity contribution in [2.45, 2.75) is 6.92 Å². The van der Waals surface area contributed by atoms with Gasteiger partial charge in [-0.3, -0.25) is 4.79 Å². The molecule has 0 atom stereocenters. The Kier molecular flexibility index (Phi) is 6.18. The van der Waals surface area contributed by atoms with Crippen molar-refractivity contribution < 1.29 is 9.90 Å². The van der Waals surface area contributed by atoms with Gasteiger partial charge in [0.05, 0.1) is 12.8 Å². The zero-order chi connectivity index (χ0) is 16.8. The summed E-state index contributed by atoms with van der Waals surface area (Å²) in [5.74, 6) is -0.147. The molecule has 0 heterocycles. The molecule has 7 heteroatoms. The first-order valence-electron chi connectivity index (χ1n) is 6.76. The molecular formula is C16H15Br2N3O2. The molecule has 23 heavy (non-hydrogen) atoms. The smallest absolute Gasteiger partial charge is 0.259 e. The summed E-state index contributed by atoms with van der Waals surface area (Å²) in [6, 6.07) is 11.0. The summed E-state index contributed by atoms with van der Waals surface area (Å²) >= 11 is 6.71. The number of nitrogens with zero attached hydrogens (tertiary/aromatic N) is 1. The molecule has 0 unspecified atom stereocenters. The maximum Gasteiger partial charge on any atom is 0.259 e. The van der Waals surface area contributed by atoms with E-state index in [2.05, 4.69) is 47.7 Å². The van der Waals surface area contributed by atoms with E-state index in [1.165, 1.54) is 6.21 Å². The quantitative estimate of drug-likeness (QED) is 0.489. The first-order chi connectivity index (χ1) is 11.0. The third-order valence-electron chi connectivity index (χ3n) is 2.97. The molecule has 0 aromatic heterocycles. The number of carbonyl (C=O) groups is 1. The van der Waals surface area contributed by atoms with Crippen LogP contribution in [0.15, 0.2) is 50.4 Å². The molecule has 0 bridgehead atoms. The number of rotatable bonds is 5. The van der Waals surface area contributed by atoms with E-state index in [1.54, 1.807) is 19.1 Å². The van der Waals surface area contributed by atoms with Gasteiger partial charge in [0.1, 0.15) is 5.75 Å². The molecule has 1 amide bonds. The summed E-state index contributed by atoms with van der Waals surface area (Å²) in [6.45, 7) is 1.88. The van der Waals surface area contributed by atoms with Crippen LogP contribution in [0.4, 0.5) is 5.69 Å². The molecular weight excluding hydrogens is 426 g/mol. The number of benzene rings is 2. The van der Waals surface area contributed by atoms with Gasteiger partial charge in [0.15, 0.2) is 0 Å². The van der Waals surface area contributed by atoms with Gasteiger partial charge < -0.3 is 10.4 Å². The van der Waals surface area contributed by atoms with E-state index < -0.39 is 0 Å². The number of aromatic hydroxyl groups is 1. The third-order valence-corrected chi connectivity index (χ3v) is 3.92. The van der Waals surface area contributed by atoms with E-state index in [-0.39, 0.29) is 18.2 Å². The number of hydrogen-bond donors (Lipinski definition) is 3. The summed E-state index contributed by atoms with van der Waals surface area (Å²) in [5.41, 5.74) is 4.49. The summed E-state index contributed by atoms with van der Waals surface area (Å²) in [4.78, 5) is 11.7. The molecule has 0 radical (unpaired) electrons. The van der Waals surface area contributed by atoms with E-state index >= 15 is 0 Å². The first-order valence-corrected chi connectivity index (χ1v) is 8.35. The number of amides is 1. The van der Waals surface area contributed by atoms with E-state index in [1.807, 2.05) is 24.3 Å². The Bertz CT molecular complexity index is 748. The Balaban J connectivity index is 1.89. The number of carbonyl (C=O) groups excluding carboxylic acids is 1. The van der Waals surface area contributed by atoms with Crippen LogP contribution < -0.4 is 10.7 Å². The minimum atomic E-state index is -0.285. The predicted octanol–water partition coefficient (Wildman–Crippen LogP) is 3.79. The zero-order valence-electron chi connectivity index (χ0n) is 12.3. The maximum atomic E-state index is 11.7. The average Bonchev–Trinajstić information content (AvgIpc) is 2.50. The molecule has 0 fully saturated rings. The van der Waals surface area contributed by atoms with Gasteiger partial charge in [-0.25, -0.2) is 5.43 Å². The Labute approximate surface area is 151 Å². The summed E-state index contributed by atoms with van der Waals surface area (Å²) in [5, 5.41) is 16.8. The van der Waals surface area contributed by atoms with Crippen molar-refractivity contribution in [2.24, 2.45) is 5.10 Å². The summed E-state index contributed by atoms with van der Waals surface area (Å²) in [6.07, 6.45) is 1.41. The van der Waals surface area contributed by atoms with Crippen LogP contribution in [0, 0.1) is 6.92 Å². The highest BCUT2D eigenvalue weighted by atomic mass is 79.9. The summed E-state index contributed by atoms with van der Waals surface area (Å²) < 4.78 is 1.76. The van der Waals surface area contributed by atoms with Crippen molar-refractivity contribution in [1.29, 1.82) is 0 Å². The lowest BCUT2D eigenvalue weighted by Crippen LogP contribution is -2.25. The van der Waals surface area contributed by atoms with E-state index in [9.17, 15) is 9.90 Å². The van der Waals surface area contributed by atoms with Crippen LogP contribution in [0.25, 0.3) is 0 Å². The van der Waals surface area contributed by atoms with Crippen LogP contribution in [-0.4, -0.2) is 23.8 Å². The van der Waals surface area contributed by atoms with Gasteiger partial charge in [0.2, 0.25) is 0 Å². The van der Waals surface area contributed by atoms with E-state index in [0.717, 1.165) is 20.2 Å². The van der Waals surface area contributed by atoms with Crippen LogP contribution in [-0.2, 0) is 4.79 Å². The Morgan fingerprint density at radius 1 is 1.26 bits per heavy atom. The Morgan fingerprint density at radius 2 is 2.04 bits per heavy atom. The molecule has 0 saturated carbocycles. The maximum absolute atomic E-state index is 11.7. The molecule has 0 saturated heterocycles. The van der Waals surface area contributed by atoms with Crippen molar-refractivity contribution in [3.63, 3.8) is 0 Å². The van der Waals surface area contributed by atoms with Crippen LogP contribution in [0.1, 0.15) is 11.1 Å². The molecule has 3 N–H and O–H groups in total. The number of hydrogen-bond acceptors (Lipinski definition) is 4. The van der Waals surface area contributed by atoms with Gasteiger partial charge in [-0.05, 0) is 42.8 Å². The highest BCUT2D eigenvalue weighted by molar-refractivity contribution is 9.10. The molecule has 0 aliphatic carbocycles. The van der Waals surface area contributed by atoms with Crippen molar-refractivity contribution >= 4 is 49.7 Å². The molecule has 120 valence electrons. The molecule has 0 spiro atoms. The molecule has 2 aromatic carbocycles. The van der Waals surface area contributed by atoms with Gasteiger partial charge in [0, 0.05) is 20.2 Å². The zero-order valence-corrected chi connectivity index (χ0v) is 15.5. The van der Waals surface area contributed by atoms with Gasteiger partial charge >= 0.3 is 0 Å². The van der Waals surface area contributed by atoms with Gasteiger partial charge in [0.25, 0.3) is 5.91 Å². The number of phenolic OH excluding ortho intramolecular Hbond substituents is 1. The molecule has 5 nitrogen and oxygen atoms in total. The number of anilines is 1. The lowest BCUT2D eigenvalue weighted by Gasteiger charge is -2.06. The number of hydrazone groups is 1. The topological polar surface area (TPSA) is 73.7 Å². The number of nitrogens with one attached hydrogen (secondary N) is 2. The summed E-state index contributed by atoms with van der Waals surface area (Å²) in [7, 11) is 0. The fourth-order valence-corrected chi connectivity index (χ4v) is 2.84. The standard InChI is InChI=1S/C16H15Br2N3O2/c1-10-5-13(18)6-11(16(10)23)8-20-21-15(22)9-19-14-4-2-3-12(17)7-14/h2-8,19,23H,9H2,1H3,(H,21,22)/b20-8+. The number of phenols is 1. The highest BCUT2D eigenvalue weighted by Gasteiger charge is 2.04. The number of halogens is 2. The van der Waals surface area contributed by atoms with Gasteiger partial charge in [-0.15, -0.1) is 0 Å². The second-order valence-electron chi connectivity index (χ2n) is 4.82. The predicted molar refractivity (Wildman–Crippen MR) is 98.9 cm³/mol. The van der Waals surface area contributed by atoms with Gasteiger partial charge in [-0.1, -0.05) is 37.9 Å². The monoisotopic (exact) mass is 439 g/mol. The fraction of sp³-hybridized carbons (Fsp3) is 0.125. The molecule has 0 aliphatic heterocycles. The normalized spacial score (nSPS) is 10.7. The van der Waals surface area contributed by atoms with Crippen LogP contribution in [0.3, 0.4) is 0 Å². The van der Waals surface area contributed by atoms with Crippen molar-refractivity contribution in [2.75, 3.05) is 11.9 Å². The SMILES string of the molecule is Cc1cc(Br)cc(/C=N/NC(=O)CNc2cccc(Br)c2)c1O. The number of aryl methyl sites for hydroxylation is 1. The van der Waals surface area contributed by atoms with Gasteiger partial charge in [-0.2, -0.15) is 5.10 Å². The molecule has 2 aromatic rings. The highest BCUT2D eigenvalue weighted by Crippen LogP contribution is 2.25. The second kappa shape index (κ2) is 8.12. The fourth-order valence-electron chi connectivity index (χ4n) is 1.85. The second-order valence-corrected chi connectivity index (χ2v) is 6.65. The first kappa shape index (κ1) is 17.5. The van der Waals surface area contributed by atoms with Crippen LogP contribution in [0.5, 0.6) is 5.75 Å². The lowest BCUT2D eigenvalue weighted by molar-refractivity contribution is -0.119. The van der Waals surface area contributed by atoms with E-state index in [4.69, 9.17) is 0 Å². The van der Waals surface area contributed by atoms with Crippen LogP contribution >= 0.6 is 31.9 Å². The Morgan fingerprint density at radius 3 is 2.78 bits per heavy atom. The third kappa shape index (κ3) is 5.37. The molecule has 0 aliphatic rings. The average molecular weight is 441 g/mol. The minimum absolute atomic E-state index is 0.0945. The van der Waals surface area contributed by atoms with Crippen molar-refractivity contribution in [3.05, 3.63) is 56.5 Å².